The molecule has 7 heteroatoms. The minimum absolute atomic E-state index is 0.0810. The summed E-state index contributed by atoms with van der Waals surface area (Å²) in [5, 5.41) is 19.7. The second-order valence-electron chi connectivity index (χ2n) is 7.60. The number of hydrogen-bond acceptors (Lipinski definition) is 4. The van der Waals surface area contributed by atoms with Crippen LogP contribution in [0.3, 0.4) is 0 Å². The minimum atomic E-state index is -0.389. The molecule has 7 nitrogen and oxygen atoms in total. The predicted molar refractivity (Wildman–Crippen MR) is 90.8 cm³/mol. The van der Waals surface area contributed by atoms with Gasteiger partial charge in [-0.05, 0) is 6.92 Å². The Kier molecular flexibility index (Phi) is 3.69. The van der Waals surface area contributed by atoms with Crippen molar-refractivity contribution >= 4 is 17.6 Å². The largest absolute Gasteiger partial charge is 0.329 e. The van der Waals surface area contributed by atoms with Gasteiger partial charge in [0.1, 0.15) is 18.5 Å². The fraction of sp³-hybridized carbons (Fsp3) is 0.529. The molecule has 0 spiro atoms. The number of nitrogens with one attached hydrogen (secondary N) is 2. The maximum absolute atomic E-state index is 10.8. The lowest BCUT2D eigenvalue weighted by Crippen LogP contribution is -3.16. The lowest BCUT2D eigenvalue weighted by molar-refractivity contribution is -0.918. The zero-order valence-electron chi connectivity index (χ0n) is 13.9. The number of rotatable bonds is 3. The Morgan fingerprint density at radius 2 is 2.00 bits per heavy atom. The molecule has 0 aliphatic carbocycles. The van der Waals surface area contributed by atoms with Gasteiger partial charge >= 0.3 is 0 Å². The molecule has 126 valence electrons. The van der Waals surface area contributed by atoms with Gasteiger partial charge in [0.2, 0.25) is 0 Å². The fourth-order valence-electron chi connectivity index (χ4n) is 4.76. The maximum Gasteiger partial charge on any atom is 0.270 e. The number of non-ortho nitro benzene ring substituents is 1. The fourth-order valence-corrected chi connectivity index (χ4v) is 4.76. The van der Waals surface area contributed by atoms with Gasteiger partial charge in [-0.25, -0.2) is 0 Å². The van der Waals surface area contributed by atoms with Gasteiger partial charge in [-0.3, -0.25) is 10.1 Å². The Morgan fingerprint density at radius 1 is 1.29 bits per heavy atom. The molecule has 4 saturated heterocycles. The van der Waals surface area contributed by atoms with Gasteiger partial charge in [-0.15, -0.1) is 0 Å². The van der Waals surface area contributed by atoms with Crippen LogP contribution in [0.5, 0.6) is 0 Å². The first-order chi connectivity index (χ1) is 11.5. The first-order valence-electron chi connectivity index (χ1n) is 8.56. The standard InChI is InChI=1S/C17H21N5O2/c1-17-11-20-5-6-21(12-17)10-14(9-20)16(17)19-18-8-13-3-2-4-15(7-13)22(23)24/h2-4,7-8,14H,5-6,9-12H2,1H3/p+2/b18-8-,19-16-. The van der Waals surface area contributed by atoms with Crippen LogP contribution in [0.2, 0.25) is 0 Å². The highest BCUT2D eigenvalue weighted by Gasteiger charge is 2.54. The summed E-state index contributed by atoms with van der Waals surface area (Å²) < 4.78 is 0. The first-order valence-corrected chi connectivity index (χ1v) is 8.56. The molecule has 0 radical (unpaired) electrons. The van der Waals surface area contributed by atoms with Crippen molar-refractivity contribution in [3.8, 4) is 0 Å². The number of fused-ring (bicyclic) bond motifs is 1. The summed E-state index contributed by atoms with van der Waals surface area (Å²) in [5.41, 5.74) is 2.17. The van der Waals surface area contributed by atoms with Crippen molar-refractivity contribution in [2.75, 3.05) is 39.3 Å². The second kappa shape index (κ2) is 5.75. The number of nitrogens with zero attached hydrogens (tertiary/aromatic N) is 3. The molecule has 0 amide bonds. The molecule has 0 aromatic heterocycles. The highest BCUT2D eigenvalue weighted by Crippen LogP contribution is 2.26. The third kappa shape index (κ3) is 2.74. The number of nitro groups is 1. The number of benzene rings is 1. The SMILES string of the molecule is CC12C[NH+]3CC[NH+](CC(C3)/C1=N/N=C\c1cccc([N+](=O)[O-])c1)C2. The van der Waals surface area contributed by atoms with Crippen molar-refractivity contribution < 1.29 is 14.7 Å². The molecule has 2 N–H and O–H groups in total. The first kappa shape index (κ1) is 15.4. The molecular formula is C17H23N5O2+2. The third-order valence-corrected chi connectivity index (χ3v) is 5.64. The summed E-state index contributed by atoms with van der Waals surface area (Å²) >= 11 is 0. The average Bonchev–Trinajstić information content (AvgIpc) is 2.77. The molecule has 0 saturated carbocycles. The van der Waals surface area contributed by atoms with Crippen LogP contribution in [0.4, 0.5) is 5.69 Å². The van der Waals surface area contributed by atoms with E-state index in [1.54, 1.807) is 22.1 Å². The Morgan fingerprint density at radius 3 is 2.62 bits per heavy atom. The Labute approximate surface area is 140 Å². The molecule has 2 unspecified atom stereocenters. The molecule has 4 fully saturated rings. The Hall–Kier alpha value is -2.12. The van der Waals surface area contributed by atoms with Gasteiger partial charge in [0.15, 0.2) is 0 Å². The van der Waals surface area contributed by atoms with Gasteiger partial charge in [0.25, 0.3) is 5.69 Å². The van der Waals surface area contributed by atoms with Crippen LogP contribution in [-0.2, 0) is 0 Å². The highest BCUT2D eigenvalue weighted by molar-refractivity contribution is 5.94. The molecular weight excluding hydrogens is 306 g/mol. The van der Waals surface area contributed by atoms with E-state index >= 15 is 0 Å². The summed E-state index contributed by atoms with van der Waals surface area (Å²) in [5.74, 6) is 0.521. The van der Waals surface area contributed by atoms with E-state index < -0.39 is 0 Å². The van der Waals surface area contributed by atoms with Crippen molar-refractivity contribution in [3.63, 3.8) is 0 Å². The number of nitro benzene ring substituents is 1. The van der Waals surface area contributed by atoms with Crippen LogP contribution in [0.1, 0.15) is 12.5 Å². The zero-order chi connectivity index (χ0) is 16.7. The van der Waals surface area contributed by atoms with Gasteiger partial charge in [0, 0.05) is 17.7 Å². The second-order valence-corrected chi connectivity index (χ2v) is 7.60. The van der Waals surface area contributed by atoms with Crippen molar-refractivity contribution in [3.05, 3.63) is 39.9 Å². The van der Waals surface area contributed by atoms with Crippen molar-refractivity contribution in [2.24, 2.45) is 21.5 Å². The highest BCUT2D eigenvalue weighted by atomic mass is 16.6. The number of hydrogen-bond donors (Lipinski definition) is 2. The van der Waals surface area contributed by atoms with Crippen LogP contribution in [0, 0.1) is 21.4 Å². The van der Waals surface area contributed by atoms with E-state index in [1.165, 1.54) is 44.0 Å². The van der Waals surface area contributed by atoms with E-state index in [2.05, 4.69) is 17.1 Å². The summed E-state index contributed by atoms with van der Waals surface area (Å²) in [6, 6.07) is 6.50. The molecule has 4 aliphatic rings. The van der Waals surface area contributed by atoms with E-state index in [0.29, 0.717) is 11.5 Å². The summed E-state index contributed by atoms with van der Waals surface area (Å²) in [6.07, 6.45) is 1.63. The summed E-state index contributed by atoms with van der Waals surface area (Å²) in [4.78, 5) is 13.9. The van der Waals surface area contributed by atoms with Crippen LogP contribution >= 0.6 is 0 Å². The normalized spacial score (nSPS) is 36.4. The summed E-state index contributed by atoms with van der Waals surface area (Å²) in [7, 11) is 0. The van der Waals surface area contributed by atoms with E-state index in [4.69, 9.17) is 0 Å². The lowest BCUT2D eigenvalue weighted by atomic mass is 9.72. The molecule has 4 bridgehead atoms. The van der Waals surface area contributed by atoms with E-state index in [0.717, 1.165) is 13.1 Å². The van der Waals surface area contributed by atoms with Crippen LogP contribution < -0.4 is 9.80 Å². The molecule has 24 heavy (non-hydrogen) atoms. The number of quaternary nitrogens is 2. The monoisotopic (exact) mass is 329 g/mol. The van der Waals surface area contributed by atoms with Gasteiger partial charge in [0.05, 0.1) is 48.9 Å². The Balaban J connectivity index is 1.58. The molecule has 1 aromatic carbocycles. The predicted octanol–water partition coefficient (Wildman–Crippen LogP) is -1.20. The van der Waals surface area contributed by atoms with Gasteiger partial charge < -0.3 is 9.80 Å². The van der Waals surface area contributed by atoms with Gasteiger partial charge in [-0.2, -0.15) is 10.2 Å². The van der Waals surface area contributed by atoms with E-state index in [-0.39, 0.29) is 16.0 Å². The summed E-state index contributed by atoms with van der Waals surface area (Å²) in [6.45, 7) is 9.51. The molecule has 4 heterocycles. The lowest BCUT2D eigenvalue weighted by Gasteiger charge is -2.43. The van der Waals surface area contributed by atoms with Crippen molar-refractivity contribution in [2.45, 2.75) is 6.92 Å². The molecule has 4 aliphatic heterocycles. The quantitative estimate of drug-likeness (QED) is 0.415. The van der Waals surface area contributed by atoms with Crippen molar-refractivity contribution in [1.82, 2.24) is 0 Å². The molecule has 1 aromatic rings. The maximum atomic E-state index is 10.8. The minimum Gasteiger partial charge on any atom is -0.329 e. The number of piperidine rings is 2. The van der Waals surface area contributed by atoms with Crippen molar-refractivity contribution in [1.29, 1.82) is 0 Å². The van der Waals surface area contributed by atoms with Gasteiger partial charge in [-0.1, -0.05) is 12.1 Å². The van der Waals surface area contributed by atoms with Crippen LogP contribution in [0.25, 0.3) is 0 Å². The van der Waals surface area contributed by atoms with E-state index in [9.17, 15) is 10.1 Å². The van der Waals surface area contributed by atoms with Crippen LogP contribution in [0.15, 0.2) is 34.5 Å². The molecule has 5 rings (SSSR count). The Bertz CT molecular complexity index is 713. The zero-order valence-corrected chi connectivity index (χ0v) is 13.9. The third-order valence-electron chi connectivity index (χ3n) is 5.64. The molecule has 2 atom stereocenters. The smallest absolute Gasteiger partial charge is 0.270 e. The van der Waals surface area contributed by atoms with Crippen LogP contribution in [-0.4, -0.2) is 56.1 Å². The topological polar surface area (TPSA) is 76.7 Å². The van der Waals surface area contributed by atoms with E-state index in [1.807, 2.05) is 6.07 Å². The average molecular weight is 329 g/mol.